The Labute approximate surface area is 179 Å². The number of carbonyl (C=O) groups excluding carboxylic acids is 1. The van der Waals surface area contributed by atoms with Crippen molar-refractivity contribution in [3.63, 3.8) is 0 Å². The average Bonchev–Trinajstić information content (AvgIpc) is 2.74. The van der Waals surface area contributed by atoms with E-state index in [0.717, 1.165) is 30.4 Å². The molecule has 0 aromatic heterocycles. The number of para-hydroxylation sites is 1. The smallest absolute Gasteiger partial charge is 0.261 e. The lowest BCUT2D eigenvalue weighted by Crippen LogP contribution is -2.38. The Hall–Kier alpha value is -2.74. The van der Waals surface area contributed by atoms with Crippen molar-refractivity contribution in [2.24, 2.45) is 0 Å². The molecule has 1 atom stereocenters. The molecule has 0 saturated carbocycles. The van der Waals surface area contributed by atoms with Gasteiger partial charge in [0.2, 0.25) is 10.0 Å². The summed E-state index contributed by atoms with van der Waals surface area (Å²) in [6.45, 7) is 2.42. The minimum atomic E-state index is -3.33. The molecule has 0 heterocycles. The summed E-state index contributed by atoms with van der Waals surface area (Å²) in [5.41, 5.74) is 1.63. The molecule has 1 amide bonds. The van der Waals surface area contributed by atoms with Crippen molar-refractivity contribution in [2.45, 2.75) is 32.3 Å². The standard InChI is InChI=1S/C22H30N2O5S/c1-5-20(29-19-14-12-18(13-15-19)24(2)30(4,26)27)22(25)23-16-8-10-17-9-6-7-11-21(17)28-3/h6-7,9,11-15,20H,5,8,10,16H2,1-4H3,(H,23,25)/t20-/m1/s1. The first kappa shape index (κ1) is 23.5. The molecule has 2 aromatic carbocycles. The first-order chi connectivity index (χ1) is 14.3. The lowest BCUT2D eigenvalue weighted by molar-refractivity contribution is -0.128. The molecule has 0 aliphatic heterocycles. The molecule has 30 heavy (non-hydrogen) atoms. The number of aryl methyl sites for hydroxylation is 1. The highest BCUT2D eigenvalue weighted by atomic mass is 32.2. The minimum absolute atomic E-state index is 0.171. The maximum absolute atomic E-state index is 12.5. The van der Waals surface area contributed by atoms with Crippen LogP contribution in [0.25, 0.3) is 0 Å². The van der Waals surface area contributed by atoms with Crippen LogP contribution in [0.5, 0.6) is 11.5 Å². The van der Waals surface area contributed by atoms with Crippen LogP contribution >= 0.6 is 0 Å². The predicted molar refractivity (Wildman–Crippen MR) is 119 cm³/mol. The second-order valence-electron chi connectivity index (χ2n) is 6.95. The Bertz CT molecular complexity index is 929. The number of anilines is 1. The van der Waals surface area contributed by atoms with Crippen molar-refractivity contribution in [1.29, 1.82) is 0 Å². The van der Waals surface area contributed by atoms with Crippen molar-refractivity contribution in [1.82, 2.24) is 5.32 Å². The van der Waals surface area contributed by atoms with Crippen molar-refractivity contribution in [3.05, 3.63) is 54.1 Å². The molecule has 0 unspecified atom stereocenters. The first-order valence-corrected chi connectivity index (χ1v) is 11.7. The van der Waals surface area contributed by atoms with Gasteiger partial charge in [-0.2, -0.15) is 0 Å². The number of hydrogen-bond donors (Lipinski definition) is 1. The van der Waals surface area contributed by atoms with E-state index in [2.05, 4.69) is 5.32 Å². The van der Waals surface area contributed by atoms with Gasteiger partial charge in [-0.3, -0.25) is 9.10 Å². The molecule has 2 rings (SSSR count). The topological polar surface area (TPSA) is 84.9 Å². The molecule has 1 N–H and O–H groups in total. The van der Waals surface area contributed by atoms with Gasteiger partial charge >= 0.3 is 0 Å². The monoisotopic (exact) mass is 434 g/mol. The van der Waals surface area contributed by atoms with Crippen LogP contribution in [-0.4, -0.2) is 47.4 Å². The first-order valence-electron chi connectivity index (χ1n) is 9.86. The van der Waals surface area contributed by atoms with Gasteiger partial charge in [0.1, 0.15) is 11.5 Å². The van der Waals surface area contributed by atoms with Gasteiger partial charge in [0.05, 0.1) is 19.1 Å². The van der Waals surface area contributed by atoms with Crippen LogP contribution in [0.1, 0.15) is 25.3 Å². The maximum Gasteiger partial charge on any atom is 0.261 e. The van der Waals surface area contributed by atoms with Crippen LogP contribution in [-0.2, 0) is 21.2 Å². The number of carbonyl (C=O) groups is 1. The summed E-state index contributed by atoms with van der Waals surface area (Å²) in [5, 5.41) is 2.92. The van der Waals surface area contributed by atoms with E-state index in [1.807, 2.05) is 31.2 Å². The zero-order valence-corrected chi connectivity index (χ0v) is 18.7. The summed E-state index contributed by atoms with van der Waals surface area (Å²) >= 11 is 0. The van der Waals surface area contributed by atoms with Gasteiger partial charge in [-0.15, -0.1) is 0 Å². The largest absolute Gasteiger partial charge is 0.496 e. The van der Waals surface area contributed by atoms with Crippen molar-refractivity contribution in [2.75, 3.05) is 31.3 Å². The van der Waals surface area contributed by atoms with Gasteiger partial charge in [0.25, 0.3) is 5.91 Å². The third kappa shape index (κ3) is 6.66. The number of rotatable bonds is 11. The lowest BCUT2D eigenvalue weighted by Gasteiger charge is -2.19. The van der Waals surface area contributed by atoms with Crippen LogP contribution in [0.15, 0.2) is 48.5 Å². The number of nitrogens with one attached hydrogen (secondary N) is 1. The number of methoxy groups -OCH3 is 1. The van der Waals surface area contributed by atoms with Crippen LogP contribution in [0.4, 0.5) is 5.69 Å². The molecule has 0 spiro atoms. The van der Waals surface area contributed by atoms with E-state index >= 15 is 0 Å². The molecule has 0 aliphatic rings. The fraction of sp³-hybridized carbons (Fsp3) is 0.409. The molecule has 0 radical (unpaired) electrons. The Morgan fingerprint density at radius 1 is 1.13 bits per heavy atom. The quantitative estimate of drug-likeness (QED) is 0.550. The van der Waals surface area contributed by atoms with E-state index in [-0.39, 0.29) is 5.91 Å². The molecule has 2 aromatic rings. The highest BCUT2D eigenvalue weighted by Crippen LogP contribution is 2.22. The fourth-order valence-electron chi connectivity index (χ4n) is 2.93. The van der Waals surface area contributed by atoms with E-state index in [1.165, 1.54) is 11.4 Å². The summed E-state index contributed by atoms with van der Waals surface area (Å²) in [7, 11) is -0.194. The molecular weight excluding hydrogens is 404 g/mol. The normalized spacial score (nSPS) is 12.1. The number of hydrogen-bond acceptors (Lipinski definition) is 5. The van der Waals surface area contributed by atoms with Gasteiger partial charge < -0.3 is 14.8 Å². The summed E-state index contributed by atoms with van der Waals surface area (Å²) in [4.78, 5) is 12.5. The highest BCUT2D eigenvalue weighted by Gasteiger charge is 2.18. The Balaban J connectivity index is 1.86. The van der Waals surface area contributed by atoms with Gasteiger partial charge in [-0.1, -0.05) is 25.1 Å². The molecule has 8 heteroatoms. The average molecular weight is 435 g/mol. The van der Waals surface area contributed by atoms with Crippen molar-refractivity contribution in [3.8, 4) is 11.5 Å². The molecule has 0 saturated heterocycles. The van der Waals surface area contributed by atoms with E-state index < -0.39 is 16.1 Å². The van der Waals surface area contributed by atoms with Crippen LogP contribution in [0, 0.1) is 0 Å². The molecular formula is C22H30N2O5S. The third-order valence-electron chi connectivity index (χ3n) is 4.75. The Morgan fingerprint density at radius 2 is 1.80 bits per heavy atom. The summed E-state index contributed by atoms with van der Waals surface area (Å²) in [5.74, 6) is 1.19. The zero-order valence-electron chi connectivity index (χ0n) is 17.9. The van der Waals surface area contributed by atoms with Crippen LogP contribution in [0.2, 0.25) is 0 Å². The van der Waals surface area contributed by atoms with Crippen molar-refractivity contribution >= 4 is 21.6 Å². The van der Waals surface area contributed by atoms with Gasteiger partial charge in [0, 0.05) is 13.6 Å². The Kier molecular flexibility index (Phi) is 8.53. The number of amides is 1. The number of ether oxygens (including phenoxy) is 2. The number of benzene rings is 2. The zero-order chi connectivity index (χ0) is 22.1. The van der Waals surface area contributed by atoms with Crippen LogP contribution < -0.4 is 19.1 Å². The summed E-state index contributed by atoms with van der Waals surface area (Å²) in [6.07, 6.45) is 2.63. The van der Waals surface area contributed by atoms with Crippen LogP contribution in [0.3, 0.4) is 0 Å². The second-order valence-corrected chi connectivity index (χ2v) is 8.96. The molecule has 0 aliphatic carbocycles. The number of sulfonamides is 1. The van der Waals surface area contributed by atoms with Gasteiger partial charge in [-0.25, -0.2) is 8.42 Å². The van der Waals surface area contributed by atoms with E-state index in [4.69, 9.17) is 9.47 Å². The van der Waals surface area contributed by atoms with E-state index in [1.54, 1.807) is 31.4 Å². The van der Waals surface area contributed by atoms with Crippen molar-refractivity contribution < 1.29 is 22.7 Å². The van der Waals surface area contributed by atoms with Gasteiger partial charge in [-0.05, 0) is 55.2 Å². The molecule has 164 valence electrons. The van der Waals surface area contributed by atoms with Gasteiger partial charge in [0.15, 0.2) is 6.10 Å². The second kappa shape index (κ2) is 10.9. The summed E-state index contributed by atoms with van der Waals surface area (Å²) in [6, 6.07) is 14.5. The number of nitrogens with zero attached hydrogens (tertiary/aromatic N) is 1. The minimum Gasteiger partial charge on any atom is -0.496 e. The molecule has 0 fully saturated rings. The predicted octanol–water partition coefficient (Wildman–Crippen LogP) is 3.00. The Morgan fingerprint density at radius 3 is 2.40 bits per heavy atom. The SMILES string of the molecule is CC[C@@H](Oc1ccc(N(C)S(C)(=O)=O)cc1)C(=O)NCCCc1ccccc1OC. The maximum atomic E-state index is 12.5. The summed E-state index contributed by atoms with van der Waals surface area (Å²) < 4.78 is 35.6. The molecule has 0 bridgehead atoms. The van der Waals surface area contributed by atoms with E-state index in [0.29, 0.717) is 24.4 Å². The highest BCUT2D eigenvalue weighted by molar-refractivity contribution is 7.92. The lowest BCUT2D eigenvalue weighted by atomic mass is 10.1. The fourth-order valence-corrected chi connectivity index (χ4v) is 3.43. The molecule has 7 nitrogen and oxygen atoms in total. The third-order valence-corrected chi connectivity index (χ3v) is 5.96. The van der Waals surface area contributed by atoms with E-state index in [9.17, 15) is 13.2 Å².